The van der Waals surface area contributed by atoms with Crippen LogP contribution in [0.3, 0.4) is 0 Å². The first kappa shape index (κ1) is 16.5. The van der Waals surface area contributed by atoms with Crippen LogP contribution in [-0.4, -0.2) is 20.1 Å². The van der Waals surface area contributed by atoms with Crippen molar-refractivity contribution in [2.24, 2.45) is 0 Å². The molecule has 26 heavy (non-hydrogen) atoms. The van der Waals surface area contributed by atoms with E-state index in [1.807, 2.05) is 31.2 Å². The van der Waals surface area contributed by atoms with Gasteiger partial charge in [-0.2, -0.15) is 4.98 Å². The molecule has 0 saturated carbocycles. The highest BCUT2D eigenvalue weighted by molar-refractivity contribution is 7.98. The molecule has 0 atom stereocenters. The van der Waals surface area contributed by atoms with Gasteiger partial charge < -0.3 is 9.51 Å². The van der Waals surface area contributed by atoms with Crippen molar-refractivity contribution in [3.05, 3.63) is 72.0 Å². The monoisotopic (exact) mass is 366 g/mol. The molecule has 0 radical (unpaired) electrons. The van der Waals surface area contributed by atoms with Crippen molar-refractivity contribution >= 4 is 11.8 Å². The van der Waals surface area contributed by atoms with E-state index in [0.717, 1.165) is 22.0 Å². The zero-order valence-electron chi connectivity index (χ0n) is 13.9. The maximum atomic E-state index is 13.0. The zero-order valence-corrected chi connectivity index (χ0v) is 14.8. The number of aromatic nitrogens is 4. The highest BCUT2D eigenvalue weighted by atomic mass is 32.2. The first-order chi connectivity index (χ1) is 12.7. The van der Waals surface area contributed by atoms with Crippen LogP contribution >= 0.6 is 11.8 Å². The average Bonchev–Trinajstić information content (AvgIpc) is 3.31. The molecule has 0 fully saturated rings. The second-order valence-electron chi connectivity index (χ2n) is 5.78. The summed E-state index contributed by atoms with van der Waals surface area (Å²) in [5, 5.41) is 4.76. The summed E-state index contributed by atoms with van der Waals surface area (Å²) in [7, 11) is 0. The van der Waals surface area contributed by atoms with Crippen molar-refractivity contribution in [3.63, 3.8) is 0 Å². The Morgan fingerprint density at radius 1 is 1.04 bits per heavy atom. The largest absolute Gasteiger partial charge is 0.338 e. The Morgan fingerprint density at radius 2 is 1.77 bits per heavy atom. The van der Waals surface area contributed by atoms with Gasteiger partial charge in [-0.15, -0.1) is 0 Å². The van der Waals surface area contributed by atoms with Crippen LogP contribution in [0.1, 0.15) is 11.5 Å². The summed E-state index contributed by atoms with van der Waals surface area (Å²) in [4.78, 5) is 11.9. The number of nitrogens with zero attached hydrogens (tertiary/aromatic N) is 3. The van der Waals surface area contributed by atoms with Gasteiger partial charge in [-0.3, -0.25) is 0 Å². The number of halogens is 1. The van der Waals surface area contributed by atoms with Gasteiger partial charge in [0, 0.05) is 5.56 Å². The molecule has 2 aromatic carbocycles. The first-order valence-corrected chi connectivity index (χ1v) is 8.99. The van der Waals surface area contributed by atoms with Crippen LogP contribution in [0.2, 0.25) is 0 Å². The number of hydrogen-bond donors (Lipinski definition) is 1. The predicted molar refractivity (Wildman–Crippen MR) is 98.0 cm³/mol. The van der Waals surface area contributed by atoms with Gasteiger partial charge in [0.25, 0.3) is 0 Å². The molecule has 130 valence electrons. The van der Waals surface area contributed by atoms with E-state index in [2.05, 4.69) is 20.1 Å². The fourth-order valence-corrected chi connectivity index (χ4v) is 3.10. The third-order valence-electron chi connectivity index (χ3n) is 3.82. The van der Waals surface area contributed by atoms with Crippen LogP contribution in [0.15, 0.2) is 64.4 Å². The lowest BCUT2D eigenvalue weighted by molar-refractivity contribution is 0.391. The smallest absolute Gasteiger partial charge is 0.237 e. The normalized spacial score (nSPS) is 11.0. The highest BCUT2D eigenvalue weighted by Gasteiger charge is 2.10. The number of hydrogen-bond acceptors (Lipinski definition) is 5. The molecule has 0 saturated heterocycles. The predicted octanol–water partition coefficient (Wildman–Crippen LogP) is 4.87. The minimum absolute atomic E-state index is 0.261. The van der Waals surface area contributed by atoms with E-state index in [1.54, 1.807) is 18.3 Å². The molecule has 0 aliphatic carbocycles. The Balaban J connectivity index is 1.42. The fraction of sp³-hybridized carbons (Fsp3) is 0.105. The van der Waals surface area contributed by atoms with Gasteiger partial charge in [0.1, 0.15) is 5.82 Å². The van der Waals surface area contributed by atoms with Crippen LogP contribution in [-0.2, 0) is 5.75 Å². The summed E-state index contributed by atoms with van der Waals surface area (Å²) in [5.74, 6) is 1.36. The summed E-state index contributed by atoms with van der Waals surface area (Å²) >= 11 is 1.47. The van der Waals surface area contributed by atoms with Gasteiger partial charge in [0.05, 0.1) is 17.6 Å². The van der Waals surface area contributed by atoms with Crippen molar-refractivity contribution in [2.75, 3.05) is 0 Å². The molecule has 4 rings (SSSR count). The Kier molecular flexibility index (Phi) is 4.53. The van der Waals surface area contributed by atoms with E-state index in [9.17, 15) is 4.39 Å². The van der Waals surface area contributed by atoms with Crippen molar-refractivity contribution < 1.29 is 8.91 Å². The summed E-state index contributed by atoms with van der Waals surface area (Å²) in [6.45, 7) is 2.03. The molecule has 4 aromatic rings. The quantitative estimate of drug-likeness (QED) is 0.511. The number of nitrogens with one attached hydrogen (secondary N) is 1. The molecule has 0 unspecified atom stereocenters. The van der Waals surface area contributed by atoms with E-state index in [4.69, 9.17) is 4.52 Å². The number of benzene rings is 2. The van der Waals surface area contributed by atoms with Crippen molar-refractivity contribution in [1.82, 2.24) is 20.1 Å². The molecule has 0 spiro atoms. The van der Waals surface area contributed by atoms with Crippen LogP contribution in [0.4, 0.5) is 4.39 Å². The Labute approximate surface area is 153 Å². The molecule has 0 bridgehead atoms. The SMILES string of the molecule is Cc1ccc(-c2noc(CSc3ncc(-c4ccc(F)cc4)[nH]3)n2)cc1. The molecule has 2 heterocycles. The van der Waals surface area contributed by atoms with Gasteiger partial charge in [0.15, 0.2) is 5.16 Å². The summed E-state index contributed by atoms with van der Waals surface area (Å²) < 4.78 is 18.3. The Morgan fingerprint density at radius 3 is 2.54 bits per heavy atom. The first-order valence-electron chi connectivity index (χ1n) is 8.01. The second-order valence-corrected chi connectivity index (χ2v) is 6.74. The third-order valence-corrected chi connectivity index (χ3v) is 4.69. The lowest BCUT2D eigenvalue weighted by atomic mass is 10.1. The molecule has 2 aromatic heterocycles. The van der Waals surface area contributed by atoms with Gasteiger partial charge in [-0.25, -0.2) is 9.37 Å². The Bertz CT molecular complexity index is 925. The molecule has 0 aliphatic rings. The fourth-order valence-electron chi connectivity index (χ4n) is 2.42. The molecule has 0 amide bonds. The molecule has 1 N–H and O–H groups in total. The minimum Gasteiger partial charge on any atom is -0.338 e. The van der Waals surface area contributed by atoms with E-state index >= 15 is 0 Å². The van der Waals surface area contributed by atoms with E-state index in [0.29, 0.717) is 17.5 Å². The maximum Gasteiger partial charge on any atom is 0.237 e. The third kappa shape index (κ3) is 3.67. The second kappa shape index (κ2) is 7.13. The number of aryl methyl sites for hydroxylation is 1. The van der Waals surface area contributed by atoms with Crippen LogP contribution in [0, 0.1) is 12.7 Å². The number of rotatable bonds is 5. The Hall–Kier alpha value is -2.93. The molecule has 5 nitrogen and oxygen atoms in total. The molecular formula is C19H15FN4OS. The topological polar surface area (TPSA) is 67.6 Å². The number of imidazole rings is 1. The number of H-pyrrole nitrogens is 1. The zero-order chi connectivity index (χ0) is 17.9. The van der Waals surface area contributed by atoms with Gasteiger partial charge >= 0.3 is 0 Å². The van der Waals surface area contributed by atoms with Crippen molar-refractivity contribution in [1.29, 1.82) is 0 Å². The molecule has 7 heteroatoms. The van der Waals surface area contributed by atoms with E-state index in [-0.39, 0.29) is 5.82 Å². The van der Waals surface area contributed by atoms with E-state index < -0.39 is 0 Å². The van der Waals surface area contributed by atoms with Crippen LogP contribution in [0.25, 0.3) is 22.6 Å². The maximum absolute atomic E-state index is 13.0. The summed E-state index contributed by atoms with van der Waals surface area (Å²) in [5.41, 5.74) is 3.82. The van der Waals surface area contributed by atoms with Gasteiger partial charge in [0.2, 0.25) is 11.7 Å². The number of thioether (sulfide) groups is 1. The summed E-state index contributed by atoms with van der Waals surface area (Å²) in [6.07, 6.45) is 1.72. The highest BCUT2D eigenvalue weighted by Crippen LogP contribution is 2.25. The van der Waals surface area contributed by atoms with Gasteiger partial charge in [-0.1, -0.05) is 46.7 Å². The minimum atomic E-state index is -0.261. The van der Waals surface area contributed by atoms with E-state index in [1.165, 1.54) is 29.5 Å². The summed E-state index contributed by atoms with van der Waals surface area (Å²) in [6, 6.07) is 14.2. The van der Waals surface area contributed by atoms with Gasteiger partial charge in [-0.05, 0) is 36.8 Å². The molecule has 0 aliphatic heterocycles. The lowest BCUT2D eigenvalue weighted by Gasteiger charge is -1.97. The molecular weight excluding hydrogens is 351 g/mol. The van der Waals surface area contributed by atoms with Crippen LogP contribution in [0.5, 0.6) is 0 Å². The number of aromatic amines is 1. The van der Waals surface area contributed by atoms with Crippen molar-refractivity contribution in [3.8, 4) is 22.6 Å². The standard InChI is InChI=1S/C19H15FN4OS/c1-12-2-4-14(5-3-12)18-23-17(25-24-18)11-26-19-21-10-16(22-19)13-6-8-15(20)9-7-13/h2-10H,11H2,1H3,(H,21,22). The average molecular weight is 366 g/mol. The van der Waals surface area contributed by atoms with Crippen molar-refractivity contribution in [2.45, 2.75) is 17.8 Å². The lowest BCUT2D eigenvalue weighted by Crippen LogP contribution is -1.84. The van der Waals surface area contributed by atoms with Crippen LogP contribution < -0.4 is 0 Å².